The average Bonchev–Trinajstić information content (AvgIpc) is 3.72. The summed E-state index contributed by atoms with van der Waals surface area (Å²) >= 11 is 0. The summed E-state index contributed by atoms with van der Waals surface area (Å²) in [6.07, 6.45) is 0.408. The summed E-state index contributed by atoms with van der Waals surface area (Å²) in [5, 5.41) is 35.7. The quantitative estimate of drug-likeness (QED) is 0.0250. The lowest BCUT2D eigenvalue weighted by molar-refractivity contribution is -0.172. The first kappa shape index (κ1) is 51.2. The van der Waals surface area contributed by atoms with Crippen LogP contribution in [0.15, 0.2) is 47.3 Å². The molecule has 4 heterocycles. The van der Waals surface area contributed by atoms with E-state index in [0.717, 1.165) is 5.56 Å². The highest BCUT2D eigenvalue weighted by Crippen LogP contribution is 2.46. The highest BCUT2D eigenvalue weighted by atomic mass is 19.1. The minimum absolute atomic E-state index is 0.0297. The number of rotatable bonds is 22. The van der Waals surface area contributed by atoms with Crippen molar-refractivity contribution in [1.29, 1.82) is 0 Å². The molecule has 23 heteroatoms. The van der Waals surface area contributed by atoms with Crippen LogP contribution < -0.4 is 37.5 Å². The fraction of sp³-hybridized carbons (Fsp3) is 0.417. The molecule has 0 bridgehead atoms. The van der Waals surface area contributed by atoms with Crippen LogP contribution in [0.25, 0.3) is 22.3 Å². The summed E-state index contributed by atoms with van der Waals surface area (Å²) in [5.41, 5.74) is 1.81. The summed E-state index contributed by atoms with van der Waals surface area (Å²) < 4.78 is 32.5. The van der Waals surface area contributed by atoms with E-state index in [4.69, 9.17) is 24.3 Å². The number of carboxylic acids is 1. The second kappa shape index (κ2) is 22.4. The average molecular weight is 985 g/mol. The van der Waals surface area contributed by atoms with Gasteiger partial charge >= 0.3 is 11.9 Å². The van der Waals surface area contributed by atoms with Gasteiger partial charge in [0.1, 0.15) is 31.8 Å². The zero-order valence-electron chi connectivity index (χ0n) is 38.9. The molecule has 7 rings (SSSR count). The summed E-state index contributed by atoms with van der Waals surface area (Å²) in [4.78, 5) is 119. The molecule has 1 aliphatic carbocycles. The van der Waals surface area contributed by atoms with Gasteiger partial charge in [0.05, 0.1) is 74.3 Å². The molecule has 1 unspecified atom stereocenters. The van der Waals surface area contributed by atoms with Gasteiger partial charge in [0.2, 0.25) is 35.4 Å². The van der Waals surface area contributed by atoms with Gasteiger partial charge in [0.15, 0.2) is 5.60 Å². The van der Waals surface area contributed by atoms with Gasteiger partial charge in [-0.05, 0) is 54.5 Å². The van der Waals surface area contributed by atoms with Crippen LogP contribution in [-0.2, 0) is 84.2 Å². The van der Waals surface area contributed by atoms with Crippen molar-refractivity contribution in [2.45, 2.75) is 83.2 Å². The predicted octanol–water partition coefficient (Wildman–Crippen LogP) is -0.322. The van der Waals surface area contributed by atoms with Crippen molar-refractivity contribution in [1.82, 2.24) is 41.5 Å². The highest BCUT2D eigenvalue weighted by Gasteiger charge is 2.46. The number of aliphatic carboxylic acids is 1. The van der Waals surface area contributed by atoms with Crippen LogP contribution >= 0.6 is 0 Å². The van der Waals surface area contributed by atoms with Gasteiger partial charge in [-0.2, -0.15) is 0 Å². The number of halogens is 1. The Hall–Kier alpha value is -7.63. The maximum atomic E-state index is 15.3. The molecular formula is C48H53FN8O14. The van der Waals surface area contributed by atoms with Crippen molar-refractivity contribution >= 4 is 58.3 Å². The van der Waals surface area contributed by atoms with Gasteiger partial charge in [-0.3, -0.25) is 38.4 Å². The van der Waals surface area contributed by atoms with Crippen LogP contribution in [0, 0.1) is 12.7 Å². The van der Waals surface area contributed by atoms with Crippen molar-refractivity contribution in [3.8, 4) is 11.4 Å². The van der Waals surface area contributed by atoms with Crippen molar-refractivity contribution in [3.63, 3.8) is 0 Å². The molecule has 0 saturated heterocycles. The number of hydrogen-bond donors (Lipinski definition) is 8. The van der Waals surface area contributed by atoms with Crippen LogP contribution in [0.2, 0.25) is 0 Å². The summed E-state index contributed by atoms with van der Waals surface area (Å²) in [5.74, 6) is -6.30. The van der Waals surface area contributed by atoms with Crippen molar-refractivity contribution in [2.75, 3.05) is 46.2 Å². The monoisotopic (exact) mass is 984 g/mol. The number of carbonyl (C=O) groups excluding carboxylic acids is 7. The number of carbonyl (C=O) groups is 8. The van der Waals surface area contributed by atoms with Crippen LogP contribution in [0.4, 0.5) is 4.39 Å². The fourth-order valence-corrected chi connectivity index (χ4v) is 8.80. The van der Waals surface area contributed by atoms with Gasteiger partial charge in [-0.15, -0.1) is 0 Å². The number of aryl methyl sites for hydroxylation is 1. The Morgan fingerprint density at radius 2 is 1.59 bits per heavy atom. The normalized spacial score (nSPS) is 16.6. The summed E-state index contributed by atoms with van der Waals surface area (Å²) in [6.45, 7) is 0.435. The van der Waals surface area contributed by atoms with E-state index in [0.29, 0.717) is 57.4 Å². The first-order valence-corrected chi connectivity index (χ1v) is 22.9. The van der Waals surface area contributed by atoms with E-state index >= 15 is 4.39 Å². The third kappa shape index (κ3) is 11.7. The number of cyclic esters (lactones) is 1. The van der Waals surface area contributed by atoms with E-state index in [1.807, 2.05) is 0 Å². The van der Waals surface area contributed by atoms with Gasteiger partial charge in [0.25, 0.3) is 5.56 Å². The van der Waals surface area contributed by atoms with Gasteiger partial charge in [0, 0.05) is 35.4 Å². The zero-order valence-corrected chi connectivity index (χ0v) is 38.9. The van der Waals surface area contributed by atoms with Crippen molar-refractivity contribution < 1.29 is 67.2 Å². The molecule has 0 spiro atoms. The minimum atomic E-state index is -2.05. The smallest absolute Gasteiger partial charge is 0.343 e. The number of carboxylic acid groups (broad SMARTS) is 1. The van der Waals surface area contributed by atoms with E-state index in [2.05, 4.69) is 31.9 Å². The Morgan fingerprint density at radius 1 is 0.887 bits per heavy atom. The number of fused-ring (bicyclic) bond motifs is 5. The Labute approximate surface area is 404 Å². The van der Waals surface area contributed by atoms with Crippen molar-refractivity contribution in [3.05, 3.63) is 97.6 Å². The maximum absolute atomic E-state index is 15.3. The molecule has 2 aromatic heterocycles. The van der Waals surface area contributed by atoms with E-state index in [1.54, 1.807) is 50.2 Å². The van der Waals surface area contributed by atoms with Crippen LogP contribution in [0.3, 0.4) is 0 Å². The number of aliphatic hydroxyl groups is 1. The maximum Gasteiger partial charge on any atom is 0.343 e. The molecule has 4 aromatic rings. The molecule has 8 N–H and O–H groups in total. The molecule has 0 saturated carbocycles. The predicted molar refractivity (Wildman–Crippen MR) is 246 cm³/mol. The summed E-state index contributed by atoms with van der Waals surface area (Å²) in [6, 6.07) is 9.77. The molecule has 22 nitrogen and oxygen atoms in total. The number of benzene rings is 2. The number of ether oxygens (including phenoxy) is 3. The van der Waals surface area contributed by atoms with Gasteiger partial charge in [-0.1, -0.05) is 37.3 Å². The summed E-state index contributed by atoms with van der Waals surface area (Å²) in [7, 11) is 0. The molecule has 3 aliphatic rings. The second-order valence-corrected chi connectivity index (χ2v) is 17.2. The Morgan fingerprint density at radius 3 is 2.34 bits per heavy atom. The number of nitrogens with one attached hydrogen (secondary N) is 6. The minimum Gasteiger partial charge on any atom is -0.481 e. The molecular weight excluding hydrogens is 932 g/mol. The molecule has 2 aliphatic heterocycles. The Bertz CT molecular complexity index is 2860. The van der Waals surface area contributed by atoms with Crippen molar-refractivity contribution in [2.24, 2.45) is 0 Å². The lowest BCUT2D eigenvalue weighted by Gasteiger charge is -2.31. The van der Waals surface area contributed by atoms with E-state index in [9.17, 15) is 48.3 Å². The van der Waals surface area contributed by atoms with Crippen LogP contribution in [-0.4, -0.2) is 119 Å². The largest absolute Gasteiger partial charge is 0.481 e. The standard InChI is InChI=1S/C48H53FN8O14/c1-3-48(68)30-16-35-44-28(21-57(35)46(66)29(30)22-71-47(48)67)43-32(10-9-27-25(2)31(49)17-33(56-44)42(27)43)54-40(62)23-70-24-53-38(60)19-52-45(65)34(15-26-7-5-4-6-8-26)55-39(61)20-51-37(59)18-50-36(58)11-13-69-14-12-41(63)64/h4-8,16-17,32,34,68H,3,9-15,18-24H2,1-2H3,(H,50,58)(H,51,59)(H,52,65)(H,53,60)(H,54,62)(H,55,61)(H,63,64)/t32?,34-,48-/m0/s1. The third-order valence-corrected chi connectivity index (χ3v) is 12.5. The fourth-order valence-electron chi connectivity index (χ4n) is 8.80. The number of hydrogen-bond acceptors (Lipinski definition) is 14. The molecule has 0 fully saturated rings. The highest BCUT2D eigenvalue weighted by molar-refractivity contribution is 5.95. The van der Waals surface area contributed by atoms with Crippen LogP contribution in [0.1, 0.15) is 77.6 Å². The van der Waals surface area contributed by atoms with E-state index < -0.39 is 109 Å². The first-order valence-electron chi connectivity index (χ1n) is 22.9. The number of aromatic nitrogens is 2. The van der Waals surface area contributed by atoms with Crippen LogP contribution in [0.5, 0.6) is 0 Å². The lowest BCUT2D eigenvalue weighted by Crippen LogP contribution is -2.52. The SMILES string of the molecule is CC[C@@]1(O)C(=O)OCc2c1cc1n(c2=O)Cc2c-1nc1cc(F)c(C)c3c1c2C(NC(=O)COCNC(=O)CNC(=O)[C@H](Cc1ccccc1)NC(=O)CNC(=O)CNC(=O)CCOCCC(=O)O)CC3. The molecule has 2 aromatic carbocycles. The number of amides is 6. The van der Waals surface area contributed by atoms with E-state index in [-0.39, 0.29) is 63.2 Å². The Kier molecular flexibility index (Phi) is 16.2. The topological polar surface area (TPSA) is 312 Å². The third-order valence-electron chi connectivity index (χ3n) is 12.5. The Balaban J connectivity index is 0.914. The molecule has 3 atom stereocenters. The van der Waals surface area contributed by atoms with Gasteiger partial charge in [-0.25, -0.2) is 14.2 Å². The molecule has 71 heavy (non-hydrogen) atoms. The first-order chi connectivity index (χ1) is 34.0. The number of nitrogens with zero attached hydrogens (tertiary/aromatic N) is 2. The molecule has 6 amide bonds. The molecule has 0 radical (unpaired) electrons. The van der Waals surface area contributed by atoms with Gasteiger partial charge < -0.3 is 60.9 Å². The second-order valence-electron chi connectivity index (χ2n) is 17.2. The lowest BCUT2D eigenvalue weighted by atomic mass is 9.81. The number of esters is 1. The zero-order chi connectivity index (χ0) is 51.0. The number of pyridine rings is 2. The molecule has 376 valence electrons. The van der Waals surface area contributed by atoms with E-state index in [1.165, 1.54) is 10.6 Å².